The Balaban J connectivity index is 2.11. The van der Waals surface area contributed by atoms with E-state index in [1.165, 1.54) is 17.7 Å². The molecule has 0 atom stereocenters. The Kier molecular flexibility index (Phi) is 10.8. The fraction of sp³-hybridized carbons (Fsp3) is 0.529. The van der Waals surface area contributed by atoms with Crippen molar-refractivity contribution in [1.29, 1.82) is 0 Å². The number of carbonyl (C=O) groups excluding carboxylic acids is 1. The lowest BCUT2D eigenvalue weighted by Gasteiger charge is -2.12. The van der Waals surface area contributed by atoms with Crippen LogP contribution < -0.4 is 16.0 Å². The van der Waals surface area contributed by atoms with Gasteiger partial charge in [0, 0.05) is 20.1 Å². The monoisotopic (exact) mass is 336 g/mol. The molecule has 23 heavy (non-hydrogen) atoms. The number of amides is 1. The van der Waals surface area contributed by atoms with Crippen LogP contribution in [0.1, 0.15) is 18.4 Å². The second-order valence-electron chi connectivity index (χ2n) is 5.14. The molecule has 5 nitrogen and oxygen atoms in total. The number of carbonyl (C=O) groups is 1. The van der Waals surface area contributed by atoms with Crippen molar-refractivity contribution in [1.82, 2.24) is 16.0 Å². The number of thioether (sulfide) groups is 1. The predicted molar refractivity (Wildman–Crippen MR) is 100 cm³/mol. The lowest BCUT2D eigenvalue weighted by Crippen LogP contribution is -2.43. The summed E-state index contributed by atoms with van der Waals surface area (Å²) in [5, 5.41) is 9.15. The second kappa shape index (κ2) is 12.8. The van der Waals surface area contributed by atoms with E-state index in [1.807, 2.05) is 30.0 Å². The quantitative estimate of drug-likeness (QED) is 0.345. The largest absolute Gasteiger partial charge is 0.356 e. The van der Waals surface area contributed by atoms with Gasteiger partial charge in [0.2, 0.25) is 5.91 Å². The van der Waals surface area contributed by atoms with Gasteiger partial charge < -0.3 is 16.0 Å². The Hall–Kier alpha value is -1.69. The Morgan fingerprint density at radius 1 is 1.09 bits per heavy atom. The number of hydrogen-bond donors (Lipinski definition) is 3. The van der Waals surface area contributed by atoms with E-state index in [4.69, 9.17) is 0 Å². The Bertz CT molecular complexity index is 465. The van der Waals surface area contributed by atoms with Crippen LogP contribution in [0, 0.1) is 0 Å². The molecule has 0 aliphatic heterocycles. The van der Waals surface area contributed by atoms with Crippen LogP contribution in [0.25, 0.3) is 0 Å². The van der Waals surface area contributed by atoms with Gasteiger partial charge in [-0.05, 0) is 36.8 Å². The predicted octanol–water partition coefficient (Wildman–Crippen LogP) is 1.65. The summed E-state index contributed by atoms with van der Waals surface area (Å²) in [5.41, 5.74) is 1.23. The van der Waals surface area contributed by atoms with Crippen LogP contribution in [0.5, 0.6) is 0 Å². The van der Waals surface area contributed by atoms with Gasteiger partial charge in [0.05, 0.1) is 6.54 Å². The molecule has 1 rings (SSSR count). The van der Waals surface area contributed by atoms with Crippen molar-refractivity contribution in [2.45, 2.75) is 19.3 Å². The molecular formula is C17H28N4OS. The van der Waals surface area contributed by atoms with Crippen molar-refractivity contribution in [2.75, 3.05) is 38.7 Å². The molecule has 1 amide bonds. The highest BCUT2D eigenvalue weighted by atomic mass is 32.2. The van der Waals surface area contributed by atoms with Crippen LogP contribution in [0.2, 0.25) is 0 Å². The first kappa shape index (κ1) is 19.4. The summed E-state index contributed by atoms with van der Waals surface area (Å²) in [6.45, 7) is 1.75. The van der Waals surface area contributed by atoms with E-state index in [-0.39, 0.29) is 12.5 Å². The van der Waals surface area contributed by atoms with E-state index in [1.54, 1.807) is 7.05 Å². The van der Waals surface area contributed by atoms with Gasteiger partial charge in [-0.25, -0.2) is 0 Å². The summed E-state index contributed by atoms with van der Waals surface area (Å²) in [6, 6.07) is 10.1. The van der Waals surface area contributed by atoms with Crippen LogP contribution in [-0.4, -0.2) is 50.6 Å². The van der Waals surface area contributed by atoms with Crippen molar-refractivity contribution in [3.8, 4) is 0 Å². The molecule has 0 fully saturated rings. The van der Waals surface area contributed by atoms with Gasteiger partial charge in [-0.2, -0.15) is 11.8 Å². The summed E-state index contributed by atoms with van der Waals surface area (Å²) in [6.07, 6.45) is 5.25. The first-order chi connectivity index (χ1) is 11.3. The third-order valence-corrected chi connectivity index (χ3v) is 3.98. The summed E-state index contributed by atoms with van der Waals surface area (Å²) >= 11 is 1.86. The van der Waals surface area contributed by atoms with Crippen molar-refractivity contribution in [2.24, 2.45) is 4.99 Å². The molecule has 1 aromatic carbocycles. The van der Waals surface area contributed by atoms with Gasteiger partial charge in [0.1, 0.15) is 0 Å². The average Bonchev–Trinajstić information content (AvgIpc) is 2.58. The maximum atomic E-state index is 11.8. The van der Waals surface area contributed by atoms with Crippen LogP contribution in [-0.2, 0) is 11.2 Å². The molecule has 128 valence electrons. The lowest BCUT2D eigenvalue weighted by molar-refractivity contribution is -0.119. The molecule has 0 bridgehead atoms. The standard InChI is InChI=1S/C17H28N4OS/c1-18-17(20-11-6-7-13-23-2)21-14-16(22)19-12-10-15-8-4-3-5-9-15/h3-5,8-9H,6-7,10-14H2,1-2H3,(H,19,22)(H2,18,20,21). The molecule has 6 heteroatoms. The maximum Gasteiger partial charge on any atom is 0.239 e. The molecule has 0 aromatic heterocycles. The number of unbranched alkanes of at least 4 members (excludes halogenated alkanes) is 1. The summed E-state index contributed by atoms with van der Waals surface area (Å²) < 4.78 is 0. The minimum atomic E-state index is -0.0220. The molecule has 0 saturated heterocycles. The molecule has 0 heterocycles. The highest BCUT2D eigenvalue weighted by Crippen LogP contribution is 1.98. The van der Waals surface area contributed by atoms with Gasteiger partial charge >= 0.3 is 0 Å². The van der Waals surface area contributed by atoms with E-state index in [9.17, 15) is 4.79 Å². The lowest BCUT2D eigenvalue weighted by atomic mass is 10.1. The third kappa shape index (κ3) is 9.84. The molecule has 0 aliphatic rings. The molecule has 1 aromatic rings. The molecule has 0 radical (unpaired) electrons. The second-order valence-corrected chi connectivity index (χ2v) is 6.12. The van der Waals surface area contributed by atoms with Crippen molar-refractivity contribution in [3.05, 3.63) is 35.9 Å². The number of rotatable bonds is 10. The Labute approximate surface area is 143 Å². The topological polar surface area (TPSA) is 65.5 Å². The first-order valence-electron chi connectivity index (χ1n) is 8.00. The highest BCUT2D eigenvalue weighted by molar-refractivity contribution is 7.98. The van der Waals surface area contributed by atoms with Crippen LogP contribution >= 0.6 is 11.8 Å². The van der Waals surface area contributed by atoms with Crippen molar-refractivity contribution >= 4 is 23.6 Å². The summed E-state index contributed by atoms with van der Waals surface area (Å²) in [7, 11) is 1.71. The fourth-order valence-corrected chi connectivity index (χ4v) is 2.51. The van der Waals surface area contributed by atoms with E-state index in [0.29, 0.717) is 12.5 Å². The van der Waals surface area contributed by atoms with Gasteiger partial charge in [0.25, 0.3) is 0 Å². The first-order valence-corrected chi connectivity index (χ1v) is 9.39. The fourth-order valence-electron chi connectivity index (χ4n) is 2.02. The van der Waals surface area contributed by atoms with E-state index in [0.717, 1.165) is 19.4 Å². The number of hydrogen-bond acceptors (Lipinski definition) is 3. The maximum absolute atomic E-state index is 11.8. The number of guanidine groups is 1. The minimum Gasteiger partial charge on any atom is -0.356 e. The van der Waals surface area contributed by atoms with Crippen LogP contribution in [0.15, 0.2) is 35.3 Å². The van der Waals surface area contributed by atoms with E-state index < -0.39 is 0 Å². The van der Waals surface area contributed by atoms with Crippen molar-refractivity contribution < 1.29 is 4.79 Å². The Morgan fingerprint density at radius 2 is 1.87 bits per heavy atom. The summed E-state index contributed by atoms with van der Waals surface area (Å²) in [5.74, 6) is 1.83. The van der Waals surface area contributed by atoms with Crippen LogP contribution in [0.3, 0.4) is 0 Å². The van der Waals surface area contributed by atoms with E-state index >= 15 is 0 Å². The van der Waals surface area contributed by atoms with Crippen LogP contribution in [0.4, 0.5) is 0 Å². The smallest absolute Gasteiger partial charge is 0.239 e. The normalized spacial score (nSPS) is 11.1. The van der Waals surface area contributed by atoms with Crippen molar-refractivity contribution in [3.63, 3.8) is 0 Å². The van der Waals surface area contributed by atoms with Gasteiger partial charge in [-0.1, -0.05) is 30.3 Å². The Morgan fingerprint density at radius 3 is 2.57 bits per heavy atom. The SMILES string of the molecule is CN=C(NCCCCSC)NCC(=O)NCCc1ccccc1. The zero-order valence-electron chi connectivity index (χ0n) is 14.1. The molecule has 0 aliphatic carbocycles. The molecule has 0 saturated carbocycles. The molecular weight excluding hydrogens is 308 g/mol. The number of nitrogens with one attached hydrogen (secondary N) is 3. The molecule has 0 unspecified atom stereocenters. The highest BCUT2D eigenvalue weighted by Gasteiger charge is 2.03. The number of aliphatic imine (C=N–C) groups is 1. The zero-order chi connectivity index (χ0) is 16.8. The summed E-state index contributed by atoms with van der Waals surface area (Å²) in [4.78, 5) is 15.9. The van der Waals surface area contributed by atoms with Gasteiger partial charge in [-0.3, -0.25) is 9.79 Å². The van der Waals surface area contributed by atoms with Gasteiger partial charge in [-0.15, -0.1) is 0 Å². The zero-order valence-corrected chi connectivity index (χ0v) is 14.9. The van der Waals surface area contributed by atoms with E-state index in [2.05, 4.69) is 39.3 Å². The van der Waals surface area contributed by atoms with Gasteiger partial charge in [0.15, 0.2) is 5.96 Å². The molecule has 3 N–H and O–H groups in total. The average molecular weight is 337 g/mol. The number of benzene rings is 1. The molecule has 0 spiro atoms. The number of nitrogens with zero attached hydrogens (tertiary/aromatic N) is 1. The minimum absolute atomic E-state index is 0.0220. The third-order valence-electron chi connectivity index (χ3n) is 3.29.